The third-order valence-corrected chi connectivity index (χ3v) is 2.68. The summed E-state index contributed by atoms with van der Waals surface area (Å²) in [4.78, 5) is 22.1. The van der Waals surface area contributed by atoms with E-state index < -0.39 is 4.92 Å². The van der Waals surface area contributed by atoms with Crippen LogP contribution in [0.15, 0.2) is 18.2 Å². The summed E-state index contributed by atoms with van der Waals surface area (Å²) in [5.41, 5.74) is 5.55. The molecule has 6 nitrogen and oxygen atoms in total. The summed E-state index contributed by atoms with van der Waals surface area (Å²) in [6.45, 7) is 6.72. The normalized spacial score (nSPS) is 11.1. The van der Waals surface area contributed by atoms with Crippen LogP contribution in [0, 0.1) is 15.5 Å². The summed E-state index contributed by atoms with van der Waals surface area (Å²) in [5.74, 6) is -0.384. The molecule has 0 radical (unpaired) electrons. The largest absolute Gasteiger partial charge is 0.393 e. The summed E-state index contributed by atoms with van der Waals surface area (Å²) in [6.07, 6.45) is 0.813. The second kappa shape index (κ2) is 5.69. The lowest BCUT2D eigenvalue weighted by atomic mass is 9.92. The molecule has 104 valence electrons. The topological polar surface area (TPSA) is 98.3 Å². The number of carbonyl (C=O) groups is 1. The van der Waals surface area contributed by atoms with Crippen LogP contribution in [0.2, 0.25) is 0 Å². The molecule has 6 heteroatoms. The molecule has 0 unspecified atom stereocenters. The van der Waals surface area contributed by atoms with Gasteiger partial charge >= 0.3 is 0 Å². The lowest BCUT2D eigenvalue weighted by Crippen LogP contribution is -2.28. The Hall–Kier alpha value is -2.11. The minimum atomic E-state index is -0.596. The molecule has 3 N–H and O–H groups in total. The van der Waals surface area contributed by atoms with E-state index in [4.69, 9.17) is 5.73 Å². The van der Waals surface area contributed by atoms with Gasteiger partial charge in [0, 0.05) is 12.6 Å². The molecule has 0 aromatic heterocycles. The van der Waals surface area contributed by atoms with Gasteiger partial charge in [0.1, 0.15) is 5.69 Å². The van der Waals surface area contributed by atoms with Crippen LogP contribution in [0.1, 0.15) is 37.6 Å². The van der Waals surface area contributed by atoms with Gasteiger partial charge < -0.3 is 11.1 Å². The molecule has 0 fully saturated rings. The highest BCUT2D eigenvalue weighted by Gasteiger charge is 2.19. The van der Waals surface area contributed by atoms with Crippen LogP contribution in [0.25, 0.3) is 0 Å². The summed E-state index contributed by atoms with van der Waals surface area (Å²) in [6, 6.07) is 4.21. The number of nitrogens with two attached hydrogens (primary N) is 1. The zero-order chi connectivity index (χ0) is 14.6. The molecule has 0 heterocycles. The molecule has 0 spiro atoms. The standard InChI is InChI=1S/C13H19N3O3/c1-13(2,3)7-8-15-12(17)9-5-4-6-10(11(9)14)16(18)19/h4-6H,7-8,14H2,1-3H3,(H,15,17). The van der Waals surface area contributed by atoms with E-state index in [9.17, 15) is 14.9 Å². The first kappa shape index (κ1) is 14.9. The highest BCUT2D eigenvalue weighted by atomic mass is 16.6. The van der Waals surface area contributed by atoms with Crippen molar-refractivity contribution in [1.82, 2.24) is 5.32 Å². The Morgan fingerprint density at radius 3 is 2.58 bits per heavy atom. The van der Waals surface area contributed by atoms with Gasteiger partial charge in [0.2, 0.25) is 0 Å². The maximum absolute atomic E-state index is 11.9. The second-order valence-corrected chi connectivity index (χ2v) is 5.56. The predicted octanol–water partition coefficient (Wildman–Crippen LogP) is 2.34. The Morgan fingerprint density at radius 1 is 1.42 bits per heavy atom. The average molecular weight is 265 g/mol. The van der Waals surface area contributed by atoms with Crippen molar-refractivity contribution in [2.45, 2.75) is 27.2 Å². The van der Waals surface area contributed by atoms with Gasteiger partial charge in [-0.05, 0) is 17.9 Å². The van der Waals surface area contributed by atoms with Crippen molar-refractivity contribution in [3.63, 3.8) is 0 Å². The van der Waals surface area contributed by atoms with Crippen molar-refractivity contribution < 1.29 is 9.72 Å². The van der Waals surface area contributed by atoms with Crippen LogP contribution in [0.4, 0.5) is 11.4 Å². The van der Waals surface area contributed by atoms with Gasteiger partial charge in [-0.3, -0.25) is 14.9 Å². The third-order valence-electron chi connectivity index (χ3n) is 2.68. The Kier molecular flexibility index (Phi) is 4.47. The van der Waals surface area contributed by atoms with Gasteiger partial charge in [0.25, 0.3) is 11.6 Å². The number of benzene rings is 1. The molecular formula is C13H19N3O3. The number of nitro benzene ring substituents is 1. The van der Waals surface area contributed by atoms with Crippen molar-refractivity contribution in [3.8, 4) is 0 Å². The molecule has 0 aliphatic heterocycles. The number of nitrogens with one attached hydrogen (secondary N) is 1. The van der Waals surface area contributed by atoms with Gasteiger partial charge in [-0.2, -0.15) is 0 Å². The summed E-state index contributed by atoms with van der Waals surface area (Å²) in [7, 11) is 0. The predicted molar refractivity (Wildman–Crippen MR) is 73.9 cm³/mol. The van der Waals surface area contributed by atoms with Gasteiger partial charge in [0.15, 0.2) is 0 Å². The van der Waals surface area contributed by atoms with Crippen LogP contribution >= 0.6 is 0 Å². The minimum Gasteiger partial charge on any atom is -0.393 e. The van der Waals surface area contributed by atoms with Crippen molar-refractivity contribution in [2.75, 3.05) is 12.3 Å². The third kappa shape index (κ3) is 4.24. The maximum atomic E-state index is 11.9. The molecule has 0 atom stereocenters. The zero-order valence-electron chi connectivity index (χ0n) is 11.4. The number of amides is 1. The van der Waals surface area contributed by atoms with E-state index in [1.165, 1.54) is 18.2 Å². The fourth-order valence-electron chi connectivity index (χ4n) is 1.56. The highest BCUT2D eigenvalue weighted by Crippen LogP contribution is 2.24. The minimum absolute atomic E-state index is 0.0965. The summed E-state index contributed by atoms with van der Waals surface area (Å²) in [5, 5.41) is 13.5. The number of hydrogen-bond donors (Lipinski definition) is 2. The van der Waals surface area contributed by atoms with Crippen LogP contribution in [-0.2, 0) is 0 Å². The fourth-order valence-corrected chi connectivity index (χ4v) is 1.56. The van der Waals surface area contributed by atoms with Gasteiger partial charge in [-0.25, -0.2) is 0 Å². The smallest absolute Gasteiger partial charge is 0.292 e. The van der Waals surface area contributed by atoms with E-state index in [0.29, 0.717) is 6.54 Å². The van der Waals surface area contributed by atoms with Gasteiger partial charge in [-0.1, -0.05) is 26.8 Å². The van der Waals surface area contributed by atoms with Crippen molar-refractivity contribution in [2.24, 2.45) is 5.41 Å². The molecule has 1 aromatic carbocycles. The number of nitrogen functional groups attached to an aromatic ring is 1. The number of nitrogens with zero attached hydrogens (tertiary/aromatic N) is 1. The van der Waals surface area contributed by atoms with Gasteiger partial charge in [0.05, 0.1) is 10.5 Å². The SMILES string of the molecule is CC(C)(C)CCNC(=O)c1cccc([N+](=O)[O-])c1N. The molecule has 0 saturated carbocycles. The van der Waals surface area contributed by atoms with E-state index in [1.807, 2.05) is 0 Å². The lowest BCUT2D eigenvalue weighted by Gasteiger charge is -2.18. The van der Waals surface area contributed by atoms with Crippen LogP contribution in [0.5, 0.6) is 0 Å². The van der Waals surface area contributed by atoms with E-state index in [-0.39, 0.29) is 28.3 Å². The average Bonchev–Trinajstić information content (AvgIpc) is 2.26. The Labute approximate surface area is 112 Å². The Bertz CT molecular complexity index is 492. The molecule has 0 aliphatic rings. The lowest BCUT2D eigenvalue weighted by molar-refractivity contribution is -0.383. The first-order chi connectivity index (χ1) is 8.72. The van der Waals surface area contributed by atoms with E-state index in [0.717, 1.165) is 6.42 Å². The molecule has 1 amide bonds. The molecule has 0 bridgehead atoms. The molecule has 0 aliphatic carbocycles. The molecule has 19 heavy (non-hydrogen) atoms. The summed E-state index contributed by atoms with van der Waals surface area (Å²) >= 11 is 0. The van der Waals surface area contributed by atoms with Gasteiger partial charge in [-0.15, -0.1) is 0 Å². The van der Waals surface area contributed by atoms with Crippen LogP contribution in [-0.4, -0.2) is 17.4 Å². The van der Waals surface area contributed by atoms with Crippen molar-refractivity contribution in [3.05, 3.63) is 33.9 Å². The highest BCUT2D eigenvalue weighted by molar-refractivity contribution is 6.00. The van der Waals surface area contributed by atoms with Crippen LogP contribution < -0.4 is 11.1 Å². The molecule has 0 saturated heterocycles. The maximum Gasteiger partial charge on any atom is 0.292 e. The monoisotopic (exact) mass is 265 g/mol. The van der Waals surface area contributed by atoms with Crippen molar-refractivity contribution >= 4 is 17.3 Å². The van der Waals surface area contributed by atoms with E-state index in [1.54, 1.807) is 0 Å². The van der Waals surface area contributed by atoms with Crippen LogP contribution in [0.3, 0.4) is 0 Å². The first-order valence-electron chi connectivity index (χ1n) is 6.03. The number of hydrogen-bond acceptors (Lipinski definition) is 4. The molecule has 1 aromatic rings. The zero-order valence-corrected chi connectivity index (χ0v) is 11.4. The quantitative estimate of drug-likeness (QED) is 0.496. The molecule has 1 rings (SSSR count). The number of nitro groups is 1. The number of carbonyl (C=O) groups excluding carboxylic acids is 1. The van der Waals surface area contributed by atoms with E-state index in [2.05, 4.69) is 26.1 Å². The number of para-hydroxylation sites is 1. The number of anilines is 1. The summed E-state index contributed by atoms with van der Waals surface area (Å²) < 4.78 is 0. The first-order valence-corrected chi connectivity index (χ1v) is 6.03. The Morgan fingerprint density at radius 2 is 2.05 bits per heavy atom. The fraction of sp³-hybridized carbons (Fsp3) is 0.462. The van der Waals surface area contributed by atoms with Crippen molar-refractivity contribution in [1.29, 1.82) is 0 Å². The second-order valence-electron chi connectivity index (χ2n) is 5.56. The number of rotatable bonds is 4. The molecular weight excluding hydrogens is 246 g/mol. The van der Waals surface area contributed by atoms with E-state index >= 15 is 0 Å². The Balaban J connectivity index is 2.78.